The van der Waals surface area contributed by atoms with Gasteiger partial charge in [0.25, 0.3) is 5.69 Å². The highest BCUT2D eigenvalue weighted by atomic mass is 16.6. The van der Waals surface area contributed by atoms with Crippen molar-refractivity contribution in [2.75, 3.05) is 6.61 Å². The number of benzene rings is 1. The zero-order valence-electron chi connectivity index (χ0n) is 8.96. The van der Waals surface area contributed by atoms with Gasteiger partial charge in [0.1, 0.15) is 5.75 Å². The molecule has 0 radical (unpaired) electrons. The number of nitro groups is 1. The zero-order valence-corrected chi connectivity index (χ0v) is 8.96. The van der Waals surface area contributed by atoms with Gasteiger partial charge in [-0.1, -0.05) is 0 Å². The van der Waals surface area contributed by atoms with Gasteiger partial charge < -0.3 is 9.84 Å². The highest BCUT2D eigenvalue weighted by Gasteiger charge is 2.22. The fraction of sp³-hybridized carbons (Fsp3) is 0.364. The number of carbonyl (C=O) groups is 1. The van der Waals surface area contributed by atoms with E-state index in [0.29, 0.717) is 12.5 Å². The zero-order chi connectivity index (χ0) is 12.4. The lowest BCUT2D eigenvalue weighted by molar-refractivity contribution is -0.385. The summed E-state index contributed by atoms with van der Waals surface area (Å²) in [5.74, 6) is -0.462. The van der Waals surface area contributed by atoms with Crippen molar-refractivity contribution in [3.63, 3.8) is 0 Å². The standard InChI is InChI=1S/C11H11NO5/c13-11(14)8-3-9(12(15)16)5-10(4-8)17-6-7-1-2-7/h3-5,7H,1-2,6H2,(H,13,14). The molecule has 0 bridgehead atoms. The molecular weight excluding hydrogens is 226 g/mol. The van der Waals surface area contributed by atoms with Crippen molar-refractivity contribution in [3.8, 4) is 5.75 Å². The van der Waals surface area contributed by atoms with Crippen LogP contribution in [0.25, 0.3) is 0 Å². The molecule has 17 heavy (non-hydrogen) atoms. The van der Waals surface area contributed by atoms with Crippen LogP contribution in [0.4, 0.5) is 5.69 Å². The summed E-state index contributed by atoms with van der Waals surface area (Å²) in [5, 5.41) is 19.5. The predicted octanol–water partition coefficient (Wildman–Crippen LogP) is 2.08. The summed E-state index contributed by atoms with van der Waals surface area (Å²) in [6.45, 7) is 0.486. The molecule has 0 aliphatic heterocycles. The molecule has 0 spiro atoms. The summed E-state index contributed by atoms with van der Waals surface area (Å²) >= 11 is 0. The summed E-state index contributed by atoms with van der Waals surface area (Å²) in [5.41, 5.74) is -0.402. The summed E-state index contributed by atoms with van der Waals surface area (Å²) in [6.07, 6.45) is 2.20. The molecule has 1 aromatic carbocycles. The van der Waals surface area contributed by atoms with E-state index in [1.54, 1.807) is 0 Å². The Morgan fingerprint density at radius 3 is 2.71 bits per heavy atom. The van der Waals surface area contributed by atoms with E-state index < -0.39 is 10.9 Å². The molecule has 2 rings (SSSR count). The first kappa shape index (κ1) is 11.4. The number of hydrogen-bond acceptors (Lipinski definition) is 4. The summed E-state index contributed by atoms with van der Waals surface area (Å²) in [4.78, 5) is 20.8. The van der Waals surface area contributed by atoms with Crippen LogP contribution in [0, 0.1) is 16.0 Å². The second-order valence-electron chi connectivity index (χ2n) is 4.03. The topological polar surface area (TPSA) is 89.7 Å². The first-order chi connectivity index (χ1) is 8.06. The fourth-order valence-electron chi connectivity index (χ4n) is 1.39. The Morgan fingerprint density at radius 1 is 1.47 bits per heavy atom. The average molecular weight is 237 g/mol. The van der Waals surface area contributed by atoms with Gasteiger partial charge in [-0.05, 0) is 24.8 Å². The molecule has 1 fully saturated rings. The largest absolute Gasteiger partial charge is 0.493 e. The maximum atomic E-state index is 10.8. The van der Waals surface area contributed by atoms with E-state index in [0.717, 1.165) is 18.9 Å². The first-order valence-electron chi connectivity index (χ1n) is 5.22. The molecule has 6 nitrogen and oxygen atoms in total. The Balaban J connectivity index is 2.22. The van der Waals surface area contributed by atoms with Gasteiger partial charge in [-0.25, -0.2) is 4.79 Å². The van der Waals surface area contributed by atoms with E-state index >= 15 is 0 Å². The van der Waals surface area contributed by atoms with Gasteiger partial charge in [-0.15, -0.1) is 0 Å². The fourth-order valence-corrected chi connectivity index (χ4v) is 1.39. The van der Waals surface area contributed by atoms with Gasteiger partial charge in [0.15, 0.2) is 0 Å². The van der Waals surface area contributed by atoms with Crippen LogP contribution in [-0.4, -0.2) is 22.6 Å². The number of carboxylic acids is 1. The van der Waals surface area contributed by atoms with Crippen molar-refractivity contribution in [2.45, 2.75) is 12.8 Å². The Labute approximate surface area is 97.0 Å². The van der Waals surface area contributed by atoms with E-state index in [1.165, 1.54) is 12.1 Å². The van der Waals surface area contributed by atoms with Crippen molar-refractivity contribution < 1.29 is 19.6 Å². The lowest BCUT2D eigenvalue weighted by atomic mass is 10.2. The Hall–Kier alpha value is -2.11. The van der Waals surface area contributed by atoms with Gasteiger partial charge >= 0.3 is 5.97 Å². The maximum absolute atomic E-state index is 10.8. The Morgan fingerprint density at radius 2 is 2.18 bits per heavy atom. The SMILES string of the molecule is O=C(O)c1cc(OCC2CC2)cc([N+](=O)[O-])c1. The van der Waals surface area contributed by atoms with Crippen molar-refractivity contribution in [1.82, 2.24) is 0 Å². The van der Waals surface area contributed by atoms with Gasteiger partial charge in [-0.2, -0.15) is 0 Å². The minimum atomic E-state index is -1.20. The first-order valence-corrected chi connectivity index (χ1v) is 5.22. The van der Waals surface area contributed by atoms with E-state index in [-0.39, 0.29) is 17.0 Å². The third-order valence-electron chi connectivity index (χ3n) is 2.53. The molecule has 90 valence electrons. The monoisotopic (exact) mass is 237 g/mol. The van der Waals surface area contributed by atoms with Crippen molar-refractivity contribution in [3.05, 3.63) is 33.9 Å². The number of rotatable bonds is 5. The predicted molar refractivity (Wildman–Crippen MR) is 58.3 cm³/mol. The van der Waals surface area contributed by atoms with E-state index in [2.05, 4.69) is 0 Å². The number of nitro benzene ring substituents is 1. The second kappa shape index (κ2) is 4.40. The lowest BCUT2D eigenvalue weighted by Crippen LogP contribution is -2.03. The molecule has 0 heterocycles. The van der Waals surface area contributed by atoms with Crippen LogP contribution in [0.5, 0.6) is 5.75 Å². The molecule has 0 atom stereocenters. The lowest BCUT2D eigenvalue weighted by Gasteiger charge is -2.05. The number of carboxylic acid groups (broad SMARTS) is 1. The number of nitrogens with zero attached hydrogens (tertiary/aromatic N) is 1. The molecule has 1 aliphatic carbocycles. The molecule has 1 saturated carbocycles. The summed E-state index contributed by atoms with van der Waals surface area (Å²) in [6, 6.07) is 3.57. The van der Waals surface area contributed by atoms with Crippen LogP contribution in [-0.2, 0) is 0 Å². The second-order valence-corrected chi connectivity index (χ2v) is 4.03. The molecule has 0 unspecified atom stereocenters. The van der Waals surface area contributed by atoms with Crippen LogP contribution in [0.2, 0.25) is 0 Å². The van der Waals surface area contributed by atoms with E-state index in [1.807, 2.05) is 0 Å². The van der Waals surface area contributed by atoms with Crippen LogP contribution >= 0.6 is 0 Å². The number of aromatic carboxylic acids is 1. The van der Waals surface area contributed by atoms with E-state index in [9.17, 15) is 14.9 Å². The molecule has 0 saturated heterocycles. The van der Waals surface area contributed by atoms with Gasteiger partial charge in [0, 0.05) is 6.07 Å². The molecule has 1 N–H and O–H groups in total. The van der Waals surface area contributed by atoms with Crippen molar-refractivity contribution >= 4 is 11.7 Å². The van der Waals surface area contributed by atoms with Crippen molar-refractivity contribution in [1.29, 1.82) is 0 Å². The summed E-state index contributed by atoms with van der Waals surface area (Å²) < 4.78 is 5.34. The molecule has 1 aliphatic rings. The smallest absolute Gasteiger partial charge is 0.336 e. The molecule has 1 aromatic rings. The third kappa shape index (κ3) is 2.93. The van der Waals surface area contributed by atoms with Gasteiger partial charge in [-0.3, -0.25) is 10.1 Å². The normalized spacial score (nSPS) is 14.4. The molecule has 0 amide bonds. The number of ether oxygens (including phenoxy) is 1. The summed E-state index contributed by atoms with van der Waals surface area (Å²) in [7, 11) is 0. The quantitative estimate of drug-likeness (QED) is 0.625. The number of non-ortho nitro benzene ring substituents is 1. The van der Waals surface area contributed by atoms with Gasteiger partial charge in [0.2, 0.25) is 0 Å². The van der Waals surface area contributed by atoms with Crippen LogP contribution in [0.3, 0.4) is 0 Å². The van der Waals surface area contributed by atoms with Crippen molar-refractivity contribution in [2.24, 2.45) is 5.92 Å². The molecular formula is C11H11NO5. The molecule has 0 aromatic heterocycles. The van der Waals surface area contributed by atoms with Crippen LogP contribution < -0.4 is 4.74 Å². The average Bonchev–Trinajstić information content (AvgIpc) is 3.09. The molecule has 6 heteroatoms. The number of hydrogen-bond donors (Lipinski definition) is 1. The highest BCUT2D eigenvalue weighted by Crippen LogP contribution is 2.30. The van der Waals surface area contributed by atoms with Crippen LogP contribution in [0.15, 0.2) is 18.2 Å². The Bertz CT molecular complexity index is 435. The maximum Gasteiger partial charge on any atom is 0.336 e. The van der Waals surface area contributed by atoms with Crippen LogP contribution in [0.1, 0.15) is 23.2 Å². The third-order valence-corrected chi connectivity index (χ3v) is 2.53. The van der Waals surface area contributed by atoms with Gasteiger partial charge in [0.05, 0.1) is 23.2 Å². The minimum Gasteiger partial charge on any atom is -0.493 e. The van der Waals surface area contributed by atoms with E-state index in [4.69, 9.17) is 9.84 Å². The minimum absolute atomic E-state index is 0.134. The Kier molecular flexibility index (Phi) is 2.95. The highest BCUT2D eigenvalue weighted by molar-refractivity contribution is 5.89.